The molecule has 1 aliphatic rings. The van der Waals surface area contributed by atoms with Crippen LogP contribution in [0.15, 0.2) is 48.8 Å². The number of carbonyl (C=O) groups is 1. The van der Waals surface area contributed by atoms with Gasteiger partial charge in [0.25, 0.3) is 5.91 Å². The lowest BCUT2D eigenvalue weighted by molar-refractivity contribution is 0.0954. The number of ether oxygens (including phenoxy) is 1. The number of aryl methyl sites for hydroxylation is 1. The molecule has 1 aromatic carbocycles. The highest BCUT2D eigenvalue weighted by Crippen LogP contribution is 2.35. The van der Waals surface area contributed by atoms with E-state index in [0.717, 1.165) is 35.6 Å². The molecule has 4 aromatic rings. The molecule has 0 aliphatic heterocycles. The van der Waals surface area contributed by atoms with Crippen molar-refractivity contribution in [2.24, 2.45) is 0 Å². The minimum absolute atomic E-state index is 0.125. The van der Waals surface area contributed by atoms with Crippen molar-refractivity contribution >= 4 is 23.8 Å². The number of amides is 1. The van der Waals surface area contributed by atoms with Gasteiger partial charge in [-0.05, 0) is 67.9 Å². The van der Waals surface area contributed by atoms with Gasteiger partial charge in [-0.15, -0.1) is 0 Å². The van der Waals surface area contributed by atoms with Gasteiger partial charge in [0, 0.05) is 37.0 Å². The molecule has 2 N–H and O–H groups in total. The molecule has 1 fully saturated rings. The molecule has 8 nitrogen and oxygen atoms in total. The van der Waals surface area contributed by atoms with Crippen LogP contribution in [0.4, 0.5) is 0 Å². The number of aromatic amines is 1. The van der Waals surface area contributed by atoms with Gasteiger partial charge < -0.3 is 19.0 Å². The second-order valence-electron chi connectivity index (χ2n) is 8.02. The third-order valence-corrected chi connectivity index (χ3v) is 5.84. The summed E-state index contributed by atoms with van der Waals surface area (Å²) in [4.78, 5) is 17.1. The van der Waals surface area contributed by atoms with Crippen LogP contribution in [0.2, 0.25) is 0 Å². The Bertz CT molecular complexity index is 1320. The number of nitrogens with zero attached hydrogens (tertiary/aromatic N) is 4. The summed E-state index contributed by atoms with van der Waals surface area (Å²) < 4.78 is 10.6. The highest BCUT2D eigenvalue weighted by molar-refractivity contribution is 7.71. The third-order valence-electron chi connectivity index (χ3n) is 5.55. The number of nitrogens with one attached hydrogen (secondary N) is 2. The zero-order valence-corrected chi connectivity index (χ0v) is 18.6. The van der Waals surface area contributed by atoms with Crippen LogP contribution in [-0.2, 0) is 13.0 Å². The van der Waals surface area contributed by atoms with Crippen LogP contribution in [0.25, 0.3) is 5.65 Å². The lowest BCUT2D eigenvalue weighted by atomic mass is 10.2. The first-order chi connectivity index (χ1) is 15.6. The summed E-state index contributed by atoms with van der Waals surface area (Å²) in [6, 6.07) is 11.6. The molecule has 0 spiro atoms. The van der Waals surface area contributed by atoms with E-state index in [4.69, 9.17) is 17.0 Å². The zero-order valence-electron chi connectivity index (χ0n) is 17.7. The first-order valence-electron chi connectivity index (χ1n) is 10.7. The number of aromatic nitrogens is 5. The molecule has 0 saturated heterocycles. The van der Waals surface area contributed by atoms with E-state index in [1.54, 1.807) is 24.3 Å². The number of fused-ring (bicyclic) bond motifs is 1. The van der Waals surface area contributed by atoms with Crippen molar-refractivity contribution < 1.29 is 9.53 Å². The molecular weight excluding hydrogens is 424 g/mol. The molecule has 1 aliphatic carbocycles. The van der Waals surface area contributed by atoms with Gasteiger partial charge in [-0.2, -0.15) is 5.10 Å². The molecule has 3 aromatic heterocycles. The molecule has 0 bridgehead atoms. The number of pyridine rings is 1. The SMILES string of the molecule is Cc1cccn2cc(COc3ccc(C(=O)NCCc4n[nH]c(=S)n4C4CC4)cc3)nc12. The second-order valence-corrected chi connectivity index (χ2v) is 8.41. The molecule has 3 heterocycles. The third kappa shape index (κ3) is 4.29. The Hall–Kier alpha value is -3.46. The van der Waals surface area contributed by atoms with Crippen LogP contribution in [0.3, 0.4) is 0 Å². The normalized spacial score (nSPS) is 13.4. The van der Waals surface area contributed by atoms with Crippen LogP contribution >= 0.6 is 12.2 Å². The highest BCUT2D eigenvalue weighted by Gasteiger charge is 2.27. The Morgan fingerprint density at radius 1 is 1.28 bits per heavy atom. The molecule has 5 rings (SSSR count). The summed E-state index contributed by atoms with van der Waals surface area (Å²) in [5.41, 5.74) is 3.49. The largest absolute Gasteiger partial charge is 0.487 e. The van der Waals surface area contributed by atoms with E-state index in [1.807, 2.05) is 35.9 Å². The van der Waals surface area contributed by atoms with E-state index in [9.17, 15) is 4.79 Å². The average molecular weight is 449 g/mol. The average Bonchev–Trinajstić information content (AvgIpc) is 3.43. The smallest absolute Gasteiger partial charge is 0.251 e. The molecule has 0 unspecified atom stereocenters. The Labute approximate surface area is 190 Å². The van der Waals surface area contributed by atoms with Crippen LogP contribution in [0.1, 0.15) is 46.3 Å². The van der Waals surface area contributed by atoms with Gasteiger partial charge in [-0.25, -0.2) is 4.98 Å². The zero-order chi connectivity index (χ0) is 22.1. The number of benzene rings is 1. The summed E-state index contributed by atoms with van der Waals surface area (Å²) in [7, 11) is 0. The van der Waals surface area contributed by atoms with Crippen molar-refractivity contribution in [2.75, 3.05) is 6.54 Å². The molecular formula is C23H24N6O2S. The Morgan fingerprint density at radius 2 is 2.09 bits per heavy atom. The van der Waals surface area contributed by atoms with Crippen LogP contribution < -0.4 is 10.1 Å². The lowest BCUT2D eigenvalue weighted by Gasteiger charge is -2.08. The minimum Gasteiger partial charge on any atom is -0.487 e. The fourth-order valence-corrected chi connectivity index (χ4v) is 4.05. The number of hydrogen-bond acceptors (Lipinski definition) is 5. The van der Waals surface area contributed by atoms with E-state index >= 15 is 0 Å². The van der Waals surface area contributed by atoms with E-state index < -0.39 is 0 Å². The second kappa shape index (κ2) is 8.58. The number of rotatable bonds is 8. The van der Waals surface area contributed by atoms with Gasteiger partial charge in [-0.1, -0.05) is 6.07 Å². The number of imidazole rings is 1. The molecule has 32 heavy (non-hydrogen) atoms. The molecule has 9 heteroatoms. The predicted octanol–water partition coefficient (Wildman–Crippen LogP) is 3.78. The number of hydrogen-bond donors (Lipinski definition) is 2. The topological polar surface area (TPSA) is 89.2 Å². The maximum absolute atomic E-state index is 12.5. The highest BCUT2D eigenvalue weighted by atomic mass is 32.1. The first kappa shape index (κ1) is 20.4. The van der Waals surface area contributed by atoms with Crippen molar-refractivity contribution in [3.05, 3.63) is 76.2 Å². The standard InChI is InChI=1S/C23H24N6O2S/c1-15-3-2-12-28-13-17(25-21(15)28)14-31-19-8-4-16(5-9-19)22(30)24-11-10-20-26-27-23(32)29(20)18-6-7-18/h2-5,8-9,12-13,18H,6-7,10-11,14H2,1H3,(H,24,30)(H,27,32). The summed E-state index contributed by atoms with van der Waals surface area (Å²) in [5.74, 6) is 1.46. The first-order valence-corrected chi connectivity index (χ1v) is 11.1. The van der Waals surface area contributed by atoms with Crippen LogP contribution in [-0.4, -0.2) is 36.6 Å². The summed E-state index contributed by atoms with van der Waals surface area (Å²) >= 11 is 5.30. The van der Waals surface area contributed by atoms with Crippen molar-refractivity contribution in [2.45, 2.75) is 38.8 Å². The number of H-pyrrole nitrogens is 1. The van der Waals surface area contributed by atoms with Crippen molar-refractivity contribution in [3.8, 4) is 5.75 Å². The Kier molecular flexibility index (Phi) is 5.48. The summed E-state index contributed by atoms with van der Waals surface area (Å²) in [5, 5.41) is 10.1. The summed E-state index contributed by atoms with van der Waals surface area (Å²) in [6.45, 7) is 2.89. The van der Waals surface area contributed by atoms with Gasteiger partial charge in [0.1, 0.15) is 23.8 Å². The minimum atomic E-state index is -0.125. The van der Waals surface area contributed by atoms with Crippen LogP contribution in [0.5, 0.6) is 5.75 Å². The van der Waals surface area contributed by atoms with Gasteiger partial charge in [0.2, 0.25) is 0 Å². The maximum atomic E-state index is 12.5. The van der Waals surface area contributed by atoms with Crippen molar-refractivity contribution in [3.63, 3.8) is 0 Å². The van der Waals surface area contributed by atoms with Crippen molar-refractivity contribution in [1.29, 1.82) is 0 Å². The lowest BCUT2D eigenvalue weighted by Crippen LogP contribution is -2.26. The molecule has 164 valence electrons. The van der Waals surface area contributed by atoms with E-state index in [1.165, 1.54) is 0 Å². The van der Waals surface area contributed by atoms with E-state index in [2.05, 4.69) is 25.1 Å². The Morgan fingerprint density at radius 3 is 2.84 bits per heavy atom. The van der Waals surface area contributed by atoms with Crippen molar-refractivity contribution in [1.82, 2.24) is 29.5 Å². The molecule has 0 atom stereocenters. The Balaban J connectivity index is 1.14. The monoisotopic (exact) mass is 448 g/mol. The van der Waals surface area contributed by atoms with E-state index in [0.29, 0.717) is 41.7 Å². The fourth-order valence-electron chi connectivity index (χ4n) is 3.75. The molecule has 1 saturated carbocycles. The molecule has 0 radical (unpaired) electrons. The van der Waals surface area contributed by atoms with Gasteiger partial charge in [0.05, 0.1) is 5.69 Å². The van der Waals surface area contributed by atoms with Gasteiger partial charge >= 0.3 is 0 Å². The maximum Gasteiger partial charge on any atom is 0.251 e. The number of carbonyl (C=O) groups excluding carboxylic acids is 1. The van der Waals surface area contributed by atoms with Crippen LogP contribution in [0, 0.1) is 11.7 Å². The van der Waals surface area contributed by atoms with E-state index in [-0.39, 0.29) is 5.91 Å². The quantitative estimate of drug-likeness (QED) is 0.401. The van der Waals surface area contributed by atoms with Gasteiger partial charge in [-0.3, -0.25) is 9.89 Å². The molecule has 1 amide bonds. The fraction of sp³-hybridized carbons (Fsp3) is 0.304. The predicted molar refractivity (Wildman–Crippen MR) is 122 cm³/mol. The summed E-state index contributed by atoms with van der Waals surface area (Å²) in [6.07, 6.45) is 6.84. The van der Waals surface area contributed by atoms with Gasteiger partial charge in [0.15, 0.2) is 4.77 Å².